The van der Waals surface area contributed by atoms with E-state index in [2.05, 4.69) is 66.1 Å². The summed E-state index contributed by atoms with van der Waals surface area (Å²) in [5.41, 5.74) is 6.65. The summed E-state index contributed by atoms with van der Waals surface area (Å²) in [7, 11) is 0. The number of halogens is 1. The Hall–Kier alpha value is -2.39. The van der Waals surface area contributed by atoms with Crippen LogP contribution < -0.4 is 0 Å². The number of pyridine rings is 1. The molecule has 0 aliphatic carbocycles. The smallest absolute Gasteiger partial charge is 0.223 e. The molecule has 153 valence electrons. The molecule has 2 aromatic carbocycles. The van der Waals surface area contributed by atoms with Crippen LogP contribution >= 0.6 is 11.6 Å². The molecule has 2 aromatic heterocycles. The third-order valence-corrected chi connectivity index (χ3v) is 4.96. The summed E-state index contributed by atoms with van der Waals surface area (Å²) < 4.78 is 0. The van der Waals surface area contributed by atoms with Crippen molar-refractivity contribution in [3.63, 3.8) is 0 Å². The van der Waals surface area contributed by atoms with Gasteiger partial charge in [0.05, 0.1) is 11.4 Å². The van der Waals surface area contributed by atoms with Crippen LogP contribution in [0.2, 0.25) is 5.28 Å². The predicted molar refractivity (Wildman–Crippen MR) is 119 cm³/mol. The van der Waals surface area contributed by atoms with Crippen molar-refractivity contribution in [2.45, 2.75) is 26.2 Å². The second-order valence-electron chi connectivity index (χ2n) is 7.94. The molecule has 0 saturated carbocycles. The maximum Gasteiger partial charge on any atom is 0.223 e. The maximum absolute atomic E-state index is 6.23. The van der Waals surface area contributed by atoms with Crippen molar-refractivity contribution in [2.75, 3.05) is 0 Å². The molecule has 3 nitrogen and oxygen atoms in total. The van der Waals surface area contributed by atoms with E-state index in [0.29, 0.717) is 0 Å². The Kier molecular flexibility index (Phi) is 6.82. The van der Waals surface area contributed by atoms with E-state index in [1.54, 1.807) is 6.20 Å². The number of aromatic nitrogens is 3. The third kappa shape index (κ3) is 5.02. The first-order chi connectivity index (χ1) is 13.9. The summed E-state index contributed by atoms with van der Waals surface area (Å²) in [5.74, 6) is 0. The first kappa shape index (κ1) is 22.3. The zero-order valence-electron chi connectivity index (χ0n) is 17.0. The average molecular weight is 591 g/mol. The topological polar surface area (TPSA) is 38.7 Å². The number of hydrogen-bond donors (Lipinski definition) is 0. The molecule has 0 amide bonds. The van der Waals surface area contributed by atoms with Crippen LogP contribution in [0.25, 0.3) is 33.8 Å². The Morgan fingerprint density at radius 2 is 1.47 bits per heavy atom. The van der Waals surface area contributed by atoms with E-state index in [0.717, 1.165) is 33.8 Å². The largest absolute Gasteiger partial charge is 0.304 e. The van der Waals surface area contributed by atoms with Gasteiger partial charge < -0.3 is 4.98 Å². The van der Waals surface area contributed by atoms with Gasteiger partial charge in [-0.05, 0) is 34.3 Å². The van der Waals surface area contributed by atoms with E-state index in [9.17, 15) is 0 Å². The molecule has 5 heteroatoms. The Morgan fingerprint density at radius 3 is 2.03 bits per heavy atom. The van der Waals surface area contributed by atoms with Crippen molar-refractivity contribution in [3.05, 3.63) is 89.8 Å². The minimum atomic E-state index is 0. The van der Waals surface area contributed by atoms with Crippen molar-refractivity contribution in [3.8, 4) is 33.8 Å². The van der Waals surface area contributed by atoms with Crippen molar-refractivity contribution in [2.24, 2.45) is 0 Å². The minimum absolute atomic E-state index is 0. The number of benzene rings is 2. The zero-order chi connectivity index (χ0) is 20.4. The minimum Gasteiger partial charge on any atom is -0.304 e. The van der Waals surface area contributed by atoms with Gasteiger partial charge in [-0.25, -0.2) is 9.97 Å². The van der Waals surface area contributed by atoms with Gasteiger partial charge in [0.2, 0.25) is 5.28 Å². The van der Waals surface area contributed by atoms with Crippen LogP contribution in [0.5, 0.6) is 0 Å². The molecule has 0 spiro atoms. The average Bonchev–Trinajstić information content (AvgIpc) is 2.73. The molecule has 0 bridgehead atoms. The summed E-state index contributed by atoms with van der Waals surface area (Å²) in [6, 6.07) is 25.3. The molecule has 0 saturated heterocycles. The zero-order valence-corrected chi connectivity index (χ0v) is 20.1. The Labute approximate surface area is 196 Å². The Morgan fingerprint density at radius 1 is 0.800 bits per heavy atom. The van der Waals surface area contributed by atoms with Gasteiger partial charge in [-0.1, -0.05) is 57.2 Å². The van der Waals surface area contributed by atoms with Crippen LogP contribution in [-0.2, 0) is 25.5 Å². The fraction of sp³-hybridized carbons (Fsp3) is 0.160. The standard InChI is InChI=1S/C25H21ClN3.Ir/c1-25(2,3)20-12-9-18(10-13-20)22-15-23(29-24(26)28-22)19-11-14-21(27-16-19)17-7-5-4-6-8-17;/h4-7,9-16H,1-3H3;/q-1;. The van der Waals surface area contributed by atoms with Crippen LogP contribution in [0.4, 0.5) is 0 Å². The van der Waals surface area contributed by atoms with Gasteiger partial charge in [-0.2, -0.15) is 0 Å². The fourth-order valence-electron chi connectivity index (χ4n) is 3.11. The monoisotopic (exact) mass is 591 g/mol. The SMILES string of the molecule is CC(C)(C)c1ccc(-c2cc(-c3ccc(-c4[c-]cccc4)nc3)nc(Cl)n2)cc1.[Ir]. The summed E-state index contributed by atoms with van der Waals surface area (Å²) in [6.45, 7) is 6.60. The second kappa shape index (κ2) is 9.18. The third-order valence-electron chi connectivity index (χ3n) is 4.79. The van der Waals surface area contributed by atoms with E-state index >= 15 is 0 Å². The molecule has 1 radical (unpaired) electrons. The van der Waals surface area contributed by atoms with Crippen LogP contribution in [-0.4, -0.2) is 15.0 Å². The van der Waals surface area contributed by atoms with E-state index in [1.807, 2.05) is 42.5 Å². The molecule has 0 unspecified atom stereocenters. The molecule has 2 heterocycles. The molecule has 0 aliphatic heterocycles. The van der Waals surface area contributed by atoms with Crippen LogP contribution in [0, 0.1) is 6.07 Å². The number of hydrogen-bond acceptors (Lipinski definition) is 3. The van der Waals surface area contributed by atoms with E-state index in [-0.39, 0.29) is 30.8 Å². The summed E-state index contributed by atoms with van der Waals surface area (Å²) >= 11 is 6.23. The normalized spacial score (nSPS) is 11.1. The van der Waals surface area contributed by atoms with Crippen LogP contribution in [0.3, 0.4) is 0 Å². The van der Waals surface area contributed by atoms with Gasteiger partial charge in [0, 0.05) is 37.4 Å². The molecule has 0 fully saturated rings. The first-order valence-corrected chi connectivity index (χ1v) is 9.87. The van der Waals surface area contributed by atoms with Crippen LogP contribution in [0.15, 0.2) is 72.9 Å². The Balaban J connectivity index is 0.00000256. The molecular weight excluding hydrogens is 570 g/mol. The van der Waals surface area contributed by atoms with Gasteiger partial charge in [-0.3, -0.25) is 0 Å². The number of rotatable bonds is 3. The van der Waals surface area contributed by atoms with Crippen molar-refractivity contribution >= 4 is 11.6 Å². The maximum atomic E-state index is 6.23. The predicted octanol–water partition coefficient (Wildman–Crippen LogP) is 6.62. The van der Waals surface area contributed by atoms with Gasteiger partial charge in [0.1, 0.15) is 0 Å². The second-order valence-corrected chi connectivity index (χ2v) is 8.28. The van der Waals surface area contributed by atoms with Gasteiger partial charge >= 0.3 is 0 Å². The number of nitrogens with zero attached hydrogens (tertiary/aromatic N) is 3. The first-order valence-electron chi connectivity index (χ1n) is 9.49. The summed E-state index contributed by atoms with van der Waals surface area (Å²) in [4.78, 5) is 13.4. The van der Waals surface area contributed by atoms with Crippen LogP contribution in [0.1, 0.15) is 26.3 Å². The molecule has 0 aliphatic rings. The van der Waals surface area contributed by atoms with Crippen molar-refractivity contribution in [1.82, 2.24) is 15.0 Å². The molecule has 4 aromatic rings. The van der Waals surface area contributed by atoms with E-state index in [4.69, 9.17) is 11.6 Å². The van der Waals surface area contributed by atoms with Gasteiger partial charge in [0.15, 0.2) is 0 Å². The van der Waals surface area contributed by atoms with Gasteiger partial charge in [0.25, 0.3) is 0 Å². The molecule has 30 heavy (non-hydrogen) atoms. The fourth-order valence-corrected chi connectivity index (χ4v) is 3.29. The van der Waals surface area contributed by atoms with Crippen molar-refractivity contribution < 1.29 is 20.1 Å². The molecular formula is C25H21ClIrN3-. The van der Waals surface area contributed by atoms with Crippen molar-refractivity contribution in [1.29, 1.82) is 0 Å². The summed E-state index contributed by atoms with van der Waals surface area (Å²) in [5, 5.41) is 0.220. The molecule has 4 rings (SSSR count). The van der Waals surface area contributed by atoms with E-state index < -0.39 is 0 Å². The summed E-state index contributed by atoms with van der Waals surface area (Å²) in [6.07, 6.45) is 1.81. The van der Waals surface area contributed by atoms with Gasteiger partial charge in [-0.15, -0.1) is 35.9 Å². The molecule has 0 atom stereocenters. The van der Waals surface area contributed by atoms with E-state index in [1.165, 1.54) is 5.56 Å². The molecule has 0 N–H and O–H groups in total. The quantitative estimate of drug-likeness (QED) is 0.199. The Bertz CT molecular complexity index is 1120.